The molecule has 0 fully saturated rings. The van der Waals surface area contributed by atoms with E-state index in [1.54, 1.807) is 73.8 Å². The summed E-state index contributed by atoms with van der Waals surface area (Å²) in [6.07, 6.45) is 0. The lowest BCUT2D eigenvalue weighted by molar-refractivity contribution is -0.393. The highest BCUT2D eigenvalue weighted by Gasteiger charge is 2.24. The molecule has 0 saturated carbocycles. The third-order valence-electron chi connectivity index (χ3n) is 7.58. The largest absolute Gasteiger partial charge is 0.497 e. The molecule has 4 aromatic carbocycles. The Labute approximate surface area is 277 Å². The van der Waals surface area contributed by atoms with Gasteiger partial charge in [0.25, 0.3) is 17.3 Å². The van der Waals surface area contributed by atoms with Gasteiger partial charge in [-0.25, -0.2) is 4.98 Å². The maximum atomic E-state index is 12.0. The number of nitro groups is 2. The molecule has 0 radical (unpaired) electrons. The fourth-order valence-electron chi connectivity index (χ4n) is 5.20. The number of hydrogen-bond donors (Lipinski definition) is 0. The first-order valence-electron chi connectivity index (χ1n) is 14.5. The van der Waals surface area contributed by atoms with Crippen LogP contribution in [0.15, 0.2) is 83.4 Å². The van der Waals surface area contributed by atoms with Crippen LogP contribution in [0, 0.1) is 20.2 Å². The minimum atomic E-state index is -0.700. The zero-order chi connectivity index (χ0) is 34.7. The van der Waals surface area contributed by atoms with Crippen molar-refractivity contribution in [3.63, 3.8) is 0 Å². The van der Waals surface area contributed by atoms with Crippen LogP contribution in [0.4, 0.5) is 11.4 Å². The molecule has 6 aromatic rings. The van der Waals surface area contributed by atoms with Crippen molar-refractivity contribution in [1.29, 1.82) is 0 Å². The van der Waals surface area contributed by atoms with Gasteiger partial charge in [-0.3, -0.25) is 20.2 Å². The van der Waals surface area contributed by atoms with E-state index >= 15 is 0 Å². The summed E-state index contributed by atoms with van der Waals surface area (Å²) in [6.45, 7) is 0.0260. The number of methoxy groups -OCH3 is 4. The molecule has 0 bridgehead atoms. The van der Waals surface area contributed by atoms with Crippen molar-refractivity contribution < 1.29 is 38.1 Å². The number of benzene rings is 4. The molecular weight excluding hydrogens is 638 g/mol. The van der Waals surface area contributed by atoms with Crippen LogP contribution in [-0.4, -0.2) is 53.4 Å². The maximum absolute atomic E-state index is 12.0. The van der Waals surface area contributed by atoms with Gasteiger partial charge in [-0.05, 0) is 60.2 Å². The van der Waals surface area contributed by atoms with Gasteiger partial charge in [0.2, 0.25) is 11.6 Å². The third-order valence-corrected chi connectivity index (χ3v) is 7.58. The molecule has 0 unspecified atom stereocenters. The lowest BCUT2D eigenvalue weighted by Crippen LogP contribution is -2.00. The molecule has 0 amide bonds. The van der Waals surface area contributed by atoms with Crippen LogP contribution in [0.1, 0.15) is 5.82 Å². The van der Waals surface area contributed by atoms with Gasteiger partial charge in [-0.2, -0.15) is 4.98 Å². The van der Waals surface area contributed by atoms with Gasteiger partial charge in [0.05, 0.1) is 60.9 Å². The number of hydrogen-bond acceptors (Lipinski definition) is 13. The predicted molar refractivity (Wildman–Crippen MR) is 176 cm³/mol. The van der Waals surface area contributed by atoms with E-state index < -0.39 is 21.2 Å². The predicted octanol–water partition coefficient (Wildman–Crippen LogP) is 7.05. The molecule has 0 aliphatic carbocycles. The van der Waals surface area contributed by atoms with E-state index in [2.05, 4.69) is 10.1 Å². The first-order valence-corrected chi connectivity index (χ1v) is 14.5. The van der Waals surface area contributed by atoms with Crippen molar-refractivity contribution in [2.45, 2.75) is 6.61 Å². The zero-order valence-electron chi connectivity index (χ0n) is 26.5. The fraction of sp³-hybridized carbons (Fsp3) is 0.147. The Kier molecular flexibility index (Phi) is 8.89. The Bertz CT molecular complexity index is 2160. The summed E-state index contributed by atoms with van der Waals surface area (Å²) >= 11 is 0. The van der Waals surface area contributed by atoms with Crippen molar-refractivity contribution in [2.75, 3.05) is 28.4 Å². The lowest BCUT2D eigenvalue weighted by Gasteiger charge is -2.16. The molecule has 2 aromatic heterocycles. The number of aromatic nitrogens is 3. The quantitative estimate of drug-likeness (QED) is 0.0957. The van der Waals surface area contributed by atoms with Gasteiger partial charge in [-0.15, -0.1) is 0 Å². The molecule has 0 aliphatic rings. The summed E-state index contributed by atoms with van der Waals surface area (Å²) in [4.78, 5) is 31.4. The number of ether oxygens (including phenoxy) is 5. The molecule has 49 heavy (non-hydrogen) atoms. The Hall–Kier alpha value is -6.77. The minimum Gasteiger partial charge on any atom is -0.497 e. The monoisotopic (exact) mass is 665 g/mol. The first-order chi connectivity index (χ1) is 23.7. The van der Waals surface area contributed by atoms with Crippen LogP contribution >= 0.6 is 0 Å². The fourth-order valence-corrected chi connectivity index (χ4v) is 5.20. The van der Waals surface area contributed by atoms with Crippen LogP contribution < -0.4 is 23.7 Å². The topological polar surface area (TPSA) is 184 Å². The molecule has 0 N–H and O–H groups in total. The van der Waals surface area contributed by atoms with Crippen molar-refractivity contribution in [2.24, 2.45) is 0 Å². The van der Waals surface area contributed by atoms with Crippen LogP contribution in [-0.2, 0) is 6.61 Å². The second-order valence-corrected chi connectivity index (χ2v) is 10.4. The van der Waals surface area contributed by atoms with E-state index in [0.29, 0.717) is 62.8 Å². The minimum absolute atomic E-state index is 0.0260. The molecule has 15 heteroatoms. The summed E-state index contributed by atoms with van der Waals surface area (Å²) in [7, 11) is 5.99. The number of fused-ring (bicyclic) bond motifs is 1. The molecule has 0 saturated heterocycles. The van der Waals surface area contributed by atoms with Gasteiger partial charge in [0, 0.05) is 22.8 Å². The highest BCUT2D eigenvalue weighted by Crippen LogP contribution is 2.44. The van der Waals surface area contributed by atoms with E-state index in [0.717, 1.165) is 11.6 Å². The van der Waals surface area contributed by atoms with Gasteiger partial charge in [-0.1, -0.05) is 17.3 Å². The van der Waals surface area contributed by atoms with Crippen molar-refractivity contribution >= 4 is 22.3 Å². The van der Waals surface area contributed by atoms with Gasteiger partial charge in [0.1, 0.15) is 11.5 Å². The number of rotatable bonds is 12. The number of nitrogens with zero attached hydrogens (tertiary/aromatic N) is 5. The summed E-state index contributed by atoms with van der Waals surface area (Å²) in [5.41, 5.74) is 1.84. The molecule has 0 spiro atoms. The number of non-ortho nitro benzene ring substituents is 2. The van der Waals surface area contributed by atoms with E-state index in [-0.39, 0.29) is 17.5 Å². The summed E-state index contributed by atoms with van der Waals surface area (Å²) in [5, 5.41) is 27.8. The third kappa shape index (κ3) is 6.44. The lowest BCUT2D eigenvalue weighted by atomic mass is 9.96. The molecular formula is C34H27N5O10. The zero-order valence-corrected chi connectivity index (χ0v) is 26.5. The molecule has 2 heterocycles. The van der Waals surface area contributed by atoms with Crippen molar-refractivity contribution in [3.05, 3.63) is 105 Å². The van der Waals surface area contributed by atoms with E-state index in [9.17, 15) is 20.2 Å². The Morgan fingerprint density at radius 2 is 1.35 bits per heavy atom. The van der Waals surface area contributed by atoms with E-state index in [4.69, 9.17) is 33.2 Å². The Morgan fingerprint density at radius 1 is 0.694 bits per heavy atom. The molecule has 6 rings (SSSR count). The van der Waals surface area contributed by atoms with Gasteiger partial charge < -0.3 is 28.2 Å². The highest BCUT2D eigenvalue weighted by molar-refractivity contribution is 5.98. The summed E-state index contributed by atoms with van der Waals surface area (Å²) in [6, 6.07) is 21.2. The van der Waals surface area contributed by atoms with E-state index in [1.807, 2.05) is 0 Å². The van der Waals surface area contributed by atoms with Crippen molar-refractivity contribution in [1.82, 2.24) is 15.1 Å². The number of pyridine rings is 1. The van der Waals surface area contributed by atoms with Gasteiger partial charge in [0.15, 0.2) is 18.1 Å². The molecule has 15 nitrogen and oxygen atoms in total. The molecule has 0 atom stereocenters. The molecule has 0 aliphatic heterocycles. The second-order valence-electron chi connectivity index (χ2n) is 10.4. The summed E-state index contributed by atoms with van der Waals surface area (Å²) in [5.74, 6) is 2.89. The standard InChI is InChI=1S/C34H27N5O10/c1-44-23-9-7-20(8-10-23)34-36-31(37-49-34)18-48-24-11-5-19(6-12-24)25-17-26-27(15-22(38(40)41)16-28(26)39(42)43)35-32(25)21-13-29(45-2)33(47-4)30(14-21)46-3/h5-17H,18H2,1-4H3. The first kappa shape index (κ1) is 32.2. The average molecular weight is 666 g/mol. The normalized spacial score (nSPS) is 10.9. The van der Waals surface area contributed by atoms with Crippen LogP contribution in [0.5, 0.6) is 28.7 Å². The number of nitro benzene ring substituents is 2. The average Bonchev–Trinajstić information content (AvgIpc) is 3.61. The van der Waals surface area contributed by atoms with Crippen LogP contribution in [0.2, 0.25) is 0 Å². The Balaban J connectivity index is 1.38. The second kappa shape index (κ2) is 13.5. The van der Waals surface area contributed by atoms with E-state index in [1.165, 1.54) is 27.4 Å². The maximum Gasteiger partial charge on any atom is 0.285 e. The Morgan fingerprint density at radius 3 is 1.94 bits per heavy atom. The highest BCUT2D eigenvalue weighted by atomic mass is 16.6. The van der Waals surface area contributed by atoms with Crippen LogP contribution in [0.3, 0.4) is 0 Å². The van der Waals surface area contributed by atoms with Crippen molar-refractivity contribution in [3.8, 4) is 62.6 Å². The summed E-state index contributed by atoms with van der Waals surface area (Å²) < 4.78 is 33.0. The smallest absolute Gasteiger partial charge is 0.285 e. The SMILES string of the molecule is COc1ccc(-c2nc(COc3ccc(-c4cc5c([N+](=O)[O-])cc([N+](=O)[O-])cc5nc4-c4cc(OC)c(OC)c(OC)c4)cc3)no2)cc1. The van der Waals surface area contributed by atoms with Gasteiger partial charge >= 0.3 is 0 Å². The van der Waals surface area contributed by atoms with Crippen LogP contribution in [0.25, 0.3) is 44.7 Å². The molecule has 248 valence electrons.